The normalized spacial score (nSPS) is 23.0. The molecular formula is C15H18N2O4S. The summed E-state index contributed by atoms with van der Waals surface area (Å²) in [6, 6.07) is 6.18. The quantitative estimate of drug-likeness (QED) is 0.914. The summed E-state index contributed by atoms with van der Waals surface area (Å²) in [7, 11) is -3.82. The highest BCUT2D eigenvalue weighted by Gasteiger charge is 2.38. The lowest BCUT2D eigenvalue weighted by Crippen LogP contribution is -2.47. The van der Waals surface area contributed by atoms with Gasteiger partial charge in [0.1, 0.15) is 0 Å². The molecule has 1 aliphatic heterocycles. The number of benzene rings is 1. The van der Waals surface area contributed by atoms with Gasteiger partial charge in [0.15, 0.2) is 0 Å². The minimum atomic E-state index is -3.82. The number of aryl methyl sites for hydroxylation is 1. The van der Waals surface area contributed by atoms with Gasteiger partial charge in [0.25, 0.3) is 0 Å². The van der Waals surface area contributed by atoms with Crippen molar-refractivity contribution in [2.45, 2.75) is 37.6 Å². The van der Waals surface area contributed by atoms with Gasteiger partial charge in [-0.3, -0.25) is 4.79 Å². The third-order valence-corrected chi connectivity index (χ3v) is 6.20. The monoisotopic (exact) mass is 322 g/mol. The summed E-state index contributed by atoms with van der Waals surface area (Å²) in [4.78, 5) is 11.2. The molecule has 1 aromatic rings. The van der Waals surface area contributed by atoms with E-state index in [4.69, 9.17) is 10.4 Å². The van der Waals surface area contributed by atoms with Crippen LogP contribution >= 0.6 is 0 Å². The average Bonchev–Trinajstić information content (AvgIpc) is 2.47. The Morgan fingerprint density at radius 2 is 2.09 bits per heavy atom. The summed E-state index contributed by atoms with van der Waals surface area (Å²) in [6.45, 7) is 3.41. The SMILES string of the molecule is Cc1ccc(C#N)cc1S(=O)(=O)N1CC(C(=O)O)CCC1C. The standard InChI is InChI=1S/C15H18N2O4S/c1-10-3-5-12(8-16)7-14(10)22(20,21)17-9-13(15(18)19)6-4-11(17)2/h3,5,7,11,13H,4,6,9H2,1-2H3,(H,18,19). The third-order valence-electron chi connectivity index (χ3n) is 4.08. The molecule has 0 radical (unpaired) electrons. The zero-order chi connectivity index (χ0) is 16.5. The van der Waals surface area contributed by atoms with E-state index in [0.717, 1.165) is 0 Å². The van der Waals surface area contributed by atoms with Crippen LogP contribution in [-0.4, -0.2) is 36.4 Å². The van der Waals surface area contributed by atoms with Gasteiger partial charge < -0.3 is 5.11 Å². The Morgan fingerprint density at radius 3 is 2.68 bits per heavy atom. The number of aliphatic carboxylic acids is 1. The van der Waals surface area contributed by atoms with E-state index in [1.54, 1.807) is 26.0 Å². The minimum absolute atomic E-state index is 0.0327. The van der Waals surface area contributed by atoms with Gasteiger partial charge in [-0.2, -0.15) is 9.57 Å². The fourth-order valence-corrected chi connectivity index (χ4v) is 4.64. The van der Waals surface area contributed by atoms with Crippen LogP contribution in [0.1, 0.15) is 30.9 Å². The van der Waals surface area contributed by atoms with Crippen LogP contribution in [0.15, 0.2) is 23.1 Å². The zero-order valence-electron chi connectivity index (χ0n) is 12.5. The smallest absolute Gasteiger partial charge is 0.307 e. The van der Waals surface area contributed by atoms with Gasteiger partial charge in [0, 0.05) is 12.6 Å². The lowest BCUT2D eigenvalue weighted by molar-refractivity contribution is -0.143. The van der Waals surface area contributed by atoms with Crippen molar-refractivity contribution in [3.05, 3.63) is 29.3 Å². The first-order valence-corrected chi connectivity index (χ1v) is 8.46. The average molecular weight is 322 g/mol. The van der Waals surface area contributed by atoms with Gasteiger partial charge in [0.05, 0.1) is 22.4 Å². The molecule has 22 heavy (non-hydrogen) atoms. The van der Waals surface area contributed by atoms with Gasteiger partial charge in [-0.05, 0) is 44.4 Å². The highest BCUT2D eigenvalue weighted by molar-refractivity contribution is 7.89. The van der Waals surface area contributed by atoms with E-state index in [2.05, 4.69) is 0 Å². The number of rotatable bonds is 3. The predicted octanol–water partition coefficient (Wildman–Crippen LogP) is 1.74. The van der Waals surface area contributed by atoms with Crippen LogP contribution < -0.4 is 0 Å². The van der Waals surface area contributed by atoms with Crippen molar-refractivity contribution in [3.63, 3.8) is 0 Å². The van der Waals surface area contributed by atoms with E-state index in [1.165, 1.54) is 10.4 Å². The van der Waals surface area contributed by atoms with Crippen LogP contribution in [-0.2, 0) is 14.8 Å². The molecule has 1 aromatic carbocycles. The molecule has 118 valence electrons. The minimum Gasteiger partial charge on any atom is -0.481 e. The summed E-state index contributed by atoms with van der Waals surface area (Å²) in [5.41, 5.74) is 0.812. The topological polar surface area (TPSA) is 98.5 Å². The highest BCUT2D eigenvalue weighted by atomic mass is 32.2. The molecule has 0 amide bonds. The summed E-state index contributed by atoms with van der Waals surface area (Å²) in [6.07, 6.45) is 0.979. The Kier molecular flexibility index (Phi) is 4.54. The number of carboxylic acids is 1. The summed E-state index contributed by atoms with van der Waals surface area (Å²) < 4.78 is 27.0. The molecule has 2 atom stereocenters. The third kappa shape index (κ3) is 2.98. The van der Waals surface area contributed by atoms with Crippen LogP contribution in [0.3, 0.4) is 0 Å². The lowest BCUT2D eigenvalue weighted by Gasteiger charge is -2.35. The molecule has 1 saturated heterocycles. The predicted molar refractivity (Wildman–Crippen MR) is 79.6 cm³/mol. The van der Waals surface area contributed by atoms with Gasteiger partial charge in [-0.1, -0.05) is 6.07 Å². The second kappa shape index (κ2) is 6.07. The maximum Gasteiger partial charge on any atom is 0.307 e. The van der Waals surface area contributed by atoms with Crippen molar-refractivity contribution in [1.82, 2.24) is 4.31 Å². The van der Waals surface area contributed by atoms with Gasteiger partial charge in [-0.15, -0.1) is 0 Å². The van der Waals surface area contributed by atoms with Crippen molar-refractivity contribution in [2.24, 2.45) is 5.92 Å². The van der Waals surface area contributed by atoms with Crippen LogP contribution in [0.4, 0.5) is 0 Å². The molecule has 2 rings (SSSR count). The number of sulfonamides is 1. The Hall–Kier alpha value is -1.91. The van der Waals surface area contributed by atoms with Crippen LogP contribution in [0.25, 0.3) is 0 Å². The molecule has 2 unspecified atom stereocenters. The molecule has 1 heterocycles. The molecule has 1 N–H and O–H groups in total. The molecule has 0 aromatic heterocycles. The summed E-state index contributed by atoms with van der Waals surface area (Å²) in [5, 5.41) is 18.1. The van der Waals surface area contributed by atoms with Crippen molar-refractivity contribution < 1.29 is 18.3 Å². The number of carbonyl (C=O) groups is 1. The second-order valence-electron chi connectivity index (χ2n) is 5.63. The van der Waals surface area contributed by atoms with Gasteiger partial charge in [0.2, 0.25) is 10.0 Å². The molecule has 0 spiro atoms. The Labute approximate surface area is 130 Å². The maximum absolute atomic E-state index is 12.9. The Balaban J connectivity index is 2.45. The first kappa shape index (κ1) is 16.5. The van der Waals surface area contributed by atoms with E-state index in [9.17, 15) is 13.2 Å². The lowest BCUT2D eigenvalue weighted by atomic mass is 9.96. The van der Waals surface area contributed by atoms with Crippen molar-refractivity contribution >= 4 is 16.0 Å². The zero-order valence-corrected chi connectivity index (χ0v) is 13.3. The molecule has 0 aliphatic carbocycles. The van der Waals surface area contributed by atoms with Gasteiger partial charge in [-0.25, -0.2) is 8.42 Å². The first-order valence-electron chi connectivity index (χ1n) is 7.02. The first-order chi connectivity index (χ1) is 10.3. The van der Waals surface area contributed by atoms with Crippen molar-refractivity contribution in [2.75, 3.05) is 6.54 Å². The van der Waals surface area contributed by atoms with Crippen molar-refractivity contribution in [1.29, 1.82) is 5.26 Å². The molecule has 7 heteroatoms. The number of piperidine rings is 1. The molecule has 1 aliphatic rings. The number of nitriles is 1. The molecule has 0 bridgehead atoms. The fraction of sp³-hybridized carbons (Fsp3) is 0.467. The number of nitrogens with zero attached hydrogens (tertiary/aromatic N) is 2. The highest BCUT2D eigenvalue weighted by Crippen LogP contribution is 2.30. The van der Waals surface area contributed by atoms with Crippen LogP contribution in [0.5, 0.6) is 0 Å². The van der Waals surface area contributed by atoms with E-state index in [-0.39, 0.29) is 23.0 Å². The Bertz CT molecular complexity index is 736. The maximum atomic E-state index is 12.9. The number of hydrogen-bond donors (Lipinski definition) is 1. The number of hydrogen-bond acceptors (Lipinski definition) is 4. The van der Waals surface area contributed by atoms with Crippen molar-refractivity contribution in [3.8, 4) is 6.07 Å². The fourth-order valence-electron chi connectivity index (χ4n) is 2.69. The van der Waals surface area contributed by atoms with E-state index >= 15 is 0 Å². The van der Waals surface area contributed by atoms with E-state index < -0.39 is 21.9 Å². The molecular weight excluding hydrogens is 304 g/mol. The van der Waals surface area contributed by atoms with Crippen LogP contribution in [0, 0.1) is 24.2 Å². The van der Waals surface area contributed by atoms with E-state index in [1.807, 2.05) is 6.07 Å². The second-order valence-corrected chi connectivity index (χ2v) is 7.49. The molecule has 6 nitrogen and oxygen atoms in total. The van der Waals surface area contributed by atoms with Crippen LogP contribution in [0.2, 0.25) is 0 Å². The Morgan fingerprint density at radius 1 is 1.41 bits per heavy atom. The summed E-state index contributed by atoms with van der Waals surface area (Å²) >= 11 is 0. The van der Waals surface area contributed by atoms with E-state index in [0.29, 0.717) is 18.4 Å². The number of carboxylic acid groups (broad SMARTS) is 1. The summed E-state index contributed by atoms with van der Waals surface area (Å²) in [5.74, 6) is -1.67. The van der Waals surface area contributed by atoms with Gasteiger partial charge >= 0.3 is 5.97 Å². The largest absolute Gasteiger partial charge is 0.481 e. The molecule has 1 fully saturated rings. The molecule has 0 saturated carbocycles.